The van der Waals surface area contributed by atoms with Gasteiger partial charge in [0.1, 0.15) is 0 Å². The highest BCUT2D eigenvalue weighted by Crippen LogP contribution is 2.86. The Labute approximate surface area is 208 Å². The molecule has 1 N–H and O–H groups in total. The number of benzene rings is 2. The van der Waals surface area contributed by atoms with E-state index in [2.05, 4.69) is 84.5 Å². The van der Waals surface area contributed by atoms with Gasteiger partial charge in [-0.1, -0.05) is 80.9 Å². The molecular weight excluding hydrogens is 430 g/mol. The summed E-state index contributed by atoms with van der Waals surface area (Å²) in [7, 11) is 0. The van der Waals surface area contributed by atoms with E-state index in [1.54, 1.807) is 0 Å². The number of carbonyl (C=O) groups excluding carboxylic acids is 1. The molecule has 2 aromatic carbocycles. The molecule has 4 aliphatic carbocycles. The second-order valence-electron chi connectivity index (χ2n) is 12.0. The summed E-state index contributed by atoms with van der Waals surface area (Å²) in [4.78, 5) is 13.9. The van der Waals surface area contributed by atoms with Gasteiger partial charge in [-0.15, -0.1) is 0 Å². The van der Waals surface area contributed by atoms with Crippen molar-refractivity contribution < 1.29 is 4.79 Å². The van der Waals surface area contributed by atoms with E-state index in [9.17, 15) is 4.79 Å². The van der Waals surface area contributed by atoms with Crippen molar-refractivity contribution in [2.24, 2.45) is 22.7 Å². The Morgan fingerprint density at radius 2 is 1.77 bits per heavy atom. The summed E-state index contributed by atoms with van der Waals surface area (Å²) in [5.41, 5.74) is 6.25. The molecular formula is C31H35N3O. The number of hydrogen-bond acceptors (Lipinski definition) is 2. The number of nitrogens with one attached hydrogen (secondary N) is 1. The van der Waals surface area contributed by atoms with Gasteiger partial charge in [0.2, 0.25) is 0 Å². The fourth-order valence-electron chi connectivity index (χ4n) is 8.75. The number of nitrogens with zero attached hydrogens (tertiary/aromatic N) is 2. The van der Waals surface area contributed by atoms with Gasteiger partial charge >= 0.3 is 0 Å². The lowest BCUT2D eigenvalue weighted by atomic mass is 9.57. The van der Waals surface area contributed by atoms with Crippen LogP contribution in [0.4, 0.5) is 0 Å². The van der Waals surface area contributed by atoms with Gasteiger partial charge in [-0.25, -0.2) is 0 Å². The first-order valence-electron chi connectivity index (χ1n) is 13.5. The highest BCUT2D eigenvalue weighted by molar-refractivity contribution is 5.94. The maximum absolute atomic E-state index is 13.9. The number of rotatable bonds is 5. The maximum Gasteiger partial charge on any atom is 0.272 e. The van der Waals surface area contributed by atoms with Crippen molar-refractivity contribution in [3.05, 3.63) is 88.7 Å². The SMILES string of the molecule is CC12CCC3C1C3(C)[C@H]2NC(=O)c1nn(Cc2ccccc2)c2c1CCCCC2c1ccccc1. The zero-order valence-electron chi connectivity index (χ0n) is 20.8. The molecule has 0 spiro atoms. The summed E-state index contributed by atoms with van der Waals surface area (Å²) in [6, 6.07) is 21.6. The van der Waals surface area contributed by atoms with E-state index in [-0.39, 0.29) is 23.3 Å². The highest BCUT2D eigenvalue weighted by atomic mass is 16.2. The lowest BCUT2D eigenvalue weighted by molar-refractivity contribution is -0.00177. The van der Waals surface area contributed by atoms with Gasteiger partial charge in [0.15, 0.2) is 5.69 Å². The first-order valence-corrected chi connectivity index (χ1v) is 13.5. The Hall–Kier alpha value is -2.88. The number of carbonyl (C=O) groups is 1. The fraction of sp³-hybridized carbons (Fsp3) is 0.484. The van der Waals surface area contributed by atoms with Gasteiger partial charge in [-0.2, -0.15) is 5.10 Å². The van der Waals surface area contributed by atoms with Crippen LogP contribution in [0.5, 0.6) is 0 Å². The first kappa shape index (κ1) is 21.4. The topological polar surface area (TPSA) is 46.9 Å². The lowest BCUT2D eigenvalue weighted by Gasteiger charge is -2.52. The van der Waals surface area contributed by atoms with E-state index >= 15 is 0 Å². The minimum atomic E-state index is 0.0465. The van der Waals surface area contributed by atoms with Crippen molar-refractivity contribution >= 4 is 5.91 Å². The first-order chi connectivity index (χ1) is 17.0. The Balaban J connectivity index is 1.28. The minimum absolute atomic E-state index is 0.0465. The summed E-state index contributed by atoms with van der Waals surface area (Å²) >= 11 is 0. The predicted octanol–water partition coefficient (Wildman–Crippen LogP) is 5.95. The lowest BCUT2D eigenvalue weighted by Crippen LogP contribution is -2.61. The second kappa shape index (κ2) is 7.56. The summed E-state index contributed by atoms with van der Waals surface area (Å²) in [5, 5.41) is 8.59. The summed E-state index contributed by atoms with van der Waals surface area (Å²) < 4.78 is 2.15. The number of fused-ring (bicyclic) bond motifs is 2. The molecule has 0 bridgehead atoms. The van der Waals surface area contributed by atoms with Gasteiger partial charge < -0.3 is 5.32 Å². The van der Waals surface area contributed by atoms with Crippen LogP contribution in [0.1, 0.15) is 84.7 Å². The second-order valence-corrected chi connectivity index (χ2v) is 12.0. The van der Waals surface area contributed by atoms with Crippen molar-refractivity contribution in [2.75, 3.05) is 0 Å². The number of aromatic nitrogens is 2. The minimum Gasteiger partial charge on any atom is -0.347 e. The molecule has 3 saturated carbocycles. The molecule has 0 radical (unpaired) electrons. The van der Waals surface area contributed by atoms with Crippen molar-refractivity contribution in [1.82, 2.24) is 15.1 Å². The van der Waals surface area contributed by atoms with E-state index < -0.39 is 0 Å². The highest BCUT2D eigenvalue weighted by Gasteiger charge is 2.86. The Morgan fingerprint density at radius 3 is 2.49 bits per heavy atom. The monoisotopic (exact) mass is 465 g/mol. The Morgan fingerprint density at radius 1 is 1.03 bits per heavy atom. The van der Waals surface area contributed by atoms with E-state index in [4.69, 9.17) is 5.10 Å². The Kier molecular flexibility index (Phi) is 4.62. The average molecular weight is 466 g/mol. The van der Waals surface area contributed by atoms with Gasteiger partial charge in [0.05, 0.1) is 12.2 Å². The molecule has 3 fully saturated rings. The molecule has 4 nitrogen and oxygen atoms in total. The third-order valence-corrected chi connectivity index (χ3v) is 10.2. The van der Waals surface area contributed by atoms with Crippen LogP contribution in [0.25, 0.3) is 0 Å². The van der Waals surface area contributed by atoms with Crippen LogP contribution in [0.15, 0.2) is 60.7 Å². The van der Waals surface area contributed by atoms with Gasteiger partial charge in [-0.05, 0) is 65.9 Å². The Bertz CT molecular complexity index is 1280. The van der Waals surface area contributed by atoms with Crippen LogP contribution in [0.2, 0.25) is 0 Å². The van der Waals surface area contributed by atoms with Gasteiger partial charge in [0, 0.05) is 17.5 Å². The average Bonchev–Trinajstić information content (AvgIpc) is 3.18. The van der Waals surface area contributed by atoms with Crippen LogP contribution in [-0.4, -0.2) is 21.7 Å². The molecule has 1 heterocycles. The van der Waals surface area contributed by atoms with Crippen LogP contribution in [0.3, 0.4) is 0 Å². The van der Waals surface area contributed by atoms with Crippen molar-refractivity contribution in [3.8, 4) is 0 Å². The van der Waals surface area contributed by atoms with E-state index in [0.29, 0.717) is 17.7 Å². The largest absolute Gasteiger partial charge is 0.347 e. The zero-order chi connectivity index (χ0) is 23.8. The third kappa shape index (κ3) is 2.98. The molecule has 6 atom stereocenters. The van der Waals surface area contributed by atoms with E-state index in [0.717, 1.165) is 31.1 Å². The molecule has 4 heteroatoms. The fourth-order valence-corrected chi connectivity index (χ4v) is 8.75. The summed E-state index contributed by atoms with van der Waals surface area (Å²) in [6.07, 6.45) is 6.89. The zero-order valence-corrected chi connectivity index (χ0v) is 20.8. The normalized spacial score (nSPS) is 34.3. The van der Waals surface area contributed by atoms with Crippen LogP contribution >= 0.6 is 0 Å². The molecule has 3 aromatic rings. The maximum atomic E-state index is 13.9. The molecule has 0 aliphatic heterocycles. The van der Waals surface area contributed by atoms with Crippen molar-refractivity contribution in [3.63, 3.8) is 0 Å². The molecule has 0 saturated heterocycles. The van der Waals surface area contributed by atoms with Crippen molar-refractivity contribution in [1.29, 1.82) is 0 Å². The van der Waals surface area contributed by atoms with E-state index in [1.165, 1.54) is 41.6 Å². The summed E-state index contributed by atoms with van der Waals surface area (Å²) in [6.45, 7) is 5.49. The predicted molar refractivity (Wildman–Crippen MR) is 137 cm³/mol. The third-order valence-electron chi connectivity index (χ3n) is 10.2. The van der Waals surface area contributed by atoms with Crippen LogP contribution in [0, 0.1) is 22.7 Å². The molecule has 4 aliphatic rings. The van der Waals surface area contributed by atoms with E-state index in [1.807, 2.05) is 0 Å². The molecule has 1 aromatic heterocycles. The quantitative estimate of drug-likeness (QED) is 0.473. The van der Waals surface area contributed by atoms with Gasteiger partial charge in [-0.3, -0.25) is 9.48 Å². The smallest absolute Gasteiger partial charge is 0.272 e. The molecule has 5 unspecified atom stereocenters. The number of hydrogen-bond donors (Lipinski definition) is 1. The molecule has 180 valence electrons. The van der Waals surface area contributed by atoms with Crippen molar-refractivity contribution in [2.45, 2.75) is 70.9 Å². The standard InChI is InChI=1S/C31H35N3O/c1-30-18-17-24-27(30)31(24,2)29(30)32-28(35)25-23-16-10-9-15-22(21-13-7-4-8-14-21)26(23)34(33-25)19-20-11-5-3-6-12-20/h3-8,11-14,22,24,27,29H,9-10,15-19H2,1-2H3,(H,32,35)/t22?,24?,27?,29-,30?,31?/m0/s1. The molecule has 7 rings (SSSR count). The number of amides is 1. The molecule has 35 heavy (non-hydrogen) atoms. The van der Waals surface area contributed by atoms with Crippen LogP contribution < -0.4 is 5.32 Å². The molecule has 1 amide bonds. The van der Waals surface area contributed by atoms with Crippen LogP contribution in [-0.2, 0) is 13.0 Å². The summed E-state index contributed by atoms with van der Waals surface area (Å²) in [5.74, 6) is 1.95. The van der Waals surface area contributed by atoms with Gasteiger partial charge in [0.25, 0.3) is 5.91 Å².